The molecule has 0 saturated heterocycles. The van der Waals surface area contributed by atoms with Crippen molar-refractivity contribution >= 4 is 33.7 Å². The summed E-state index contributed by atoms with van der Waals surface area (Å²) in [6.45, 7) is 0. The van der Waals surface area contributed by atoms with Crippen LogP contribution in [0.15, 0.2) is 46.0 Å². The van der Waals surface area contributed by atoms with Gasteiger partial charge in [-0.15, -0.1) is 0 Å². The Bertz CT molecular complexity index is 839. The first-order valence-electron chi connectivity index (χ1n) is 6.95. The lowest BCUT2D eigenvalue weighted by molar-refractivity contribution is -0.385. The zero-order valence-electron chi connectivity index (χ0n) is 13.4. The lowest BCUT2D eigenvalue weighted by atomic mass is 10.1. The summed E-state index contributed by atoms with van der Waals surface area (Å²) in [5, 5.41) is 15.0. The van der Waals surface area contributed by atoms with Crippen LogP contribution in [0.4, 0.5) is 5.69 Å². The number of hydrogen-bond acceptors (Lipinski definition) is 6. The standard InChI is InChI=1S/C16H14BrN3O5/c1-24-14-7-11(13(20(22)23)8-15(14)25-2)9-18-19-16(21)10-4-3-5-12(17)6-10/h3-9H,1-2H3,(H,19,21)/b18-9+. The molecule has 0 aliphatic rings. The molecule has 0 unspecified atom stereocenters. The largest absolute Gasteiger partial charge is 0.493 e. The first-order chi connectivity index (χ1) is 12.0. The number of carbonyl (C=O) groups excluding carboxylic acids is 1. The van der Waals surface area contributed by atoms with E-state index in [4.69, 9.17) is 9.47 Å². The van der Waals surface area contributed by atoms with E-state index in [1.54, 1.807) is 24.3 Å². The lowest BCUT2D eigenvalue weighted by Gasteiger charge is -2.08. The molecule has 1 N–H and O–H groups in total. The van der Waals surface area contributed by atoms with Crippen LogP contribution in [0.25, 0.3) is 0 Å². The Morgan fingerprint density at radius 1 is 1.24 bits per heavy atom. The second kappa shape index (κ2) is 8.25. The van der Waals surface area contributed by atoms with E-state index in [9.17, 15) is 14.9 Å². The minimum Gasteiger partial charge on any atom is -0.493 e. The summed E-state index contributed by atoms with van der Waals surface area (Å²) in [4.78, 5) is 22.6. The van der Waals surface area contributed by atoms with Gasteiger partial charge in [0.2, 0.25) is 0 Å². The predicted molar refractivity (Wildman–Crippen MR) is 95.4 cm³/mol. The minimum absolute atomic E-state index is 0.164. The molecule has 8 nitrogen and oxygen atoms in total. The molecule has 0 atom stereocenters. The van der Waals surface area contributed by atoms with Crippen LogP contribution in [0.2, 0.25) is 0 Å². The van der Waals surface area contributed by atoms with Crippen molar-refractivity contribution in [1.82, 2.24) is 5.43 Å². The average molecular weight is 408 g/mol. The number of nitro groups is 1. The number of benzene rings is 2. The highest BCUT2D eigenvalue weighted by molar-refractivity contribution is 9.10. The SMILES string of the molecule is COc1cc(/C=N/NC(=O)c2cccc(Br)c2)c([N+](=O)[O-])cc1OC. The molecular formula is C16H14BrN3O5. The topological polar surface area (TPSA) is 103 Å². The Morgan fingerprint density at radius 3 is 2.52 bits per heavy atom. The number of rotatable bonds is 6. The smallest absolute Gasteiger partial charge is 0.282 e. The number of halogens is 1. The highest BCUT2D eigenvalue weighted by atomic mass is 79.9. The molecule has 0 aromatic heterocycles. The van der Waals surface area contributed by atoms with Crippen LogP contribution in [0.5, 0.6) is 11.5 Å². The van der Waals surface area contributed by atoms with E-state index in [0.717, 1.165) is 4.47 Å². The number of methoxy groups -OCH3 is 2. The molecule has 0 fully saturated rings. The van der Waals surface area contributed by atoms with Crippen LogP contribution in [-0.2, 0) is 0 Å². The molecular weight excluding hydrogens is 394 g/mol. The maximum atomic E-state index is 12.0. The molecule has 0 aliphatic carbocycles. The van der Waals surface area contributed by atoms with E-state index in [2.05, 4.69) is 26.5 Å². The van der Waals surface area contributed by atoms with Crippen molar-refractivity contribution in [1.29, 1.82) is 0 Å². The summed E-state index contributed by atoms with van der Waals surface area (Å²) in [5.74, 6) is 0.0954. The van der Waals surface area contributed by atoms with Crippen LogP contribution in [0, 0.1) is 10.1 Å². The summed E-state index contributed by atoms with van der Waals surface area (Å²) >= 11 is 3.27. The van der Waals surface area contributed by atoms with Gasteiger partial charge in [0.25, 0.3) is 11.6 Å². The molecule has 2 aromatic carbocycles. The summed E-state index contributed by atoms with van der Waals surface area (Å²) in [6.07, 6.45) is 1.18. The number of hydrazone groups is 1. The summed E-state index contributed by atoms with van der Waals surface area (Å²) in [6, 6.07) is 9.38. The van der Waals surface area contributed by atoms with Gasteiger partial charge in [0, 0.05) is 10.0 Å². The van der Waals surface area contributed by atoms with Gasteiger partial charge in [-0.1, -0.05) is 22.0 Å². The normalized spacial score (nSPS) is 10.5. The molecule has 0 spiro atoms. The summed E-state index contributed by atoms with van der Waals surface area (Å²) in [5.41, 5.74) is 2.66. The number of nitrogens with one attached hydrogen (secondary N) is 1. The lowest BCUT2D eigenvalue weighted by Crippen LogP contribution is -2.17. The van der Waals surface area contributed by atoms with Crippen molar-refractivity contribution in [2.24, 2.45) is 5.10 Å². The van der Waals surface area contributed by atoms with Gasteiger partial charge in [0.15, 0.2) is 11.5 Å². The second-order valence-electron chi connectivity index (χ2n) is 4.73. The van der Waals surface area contributed by atoms with E-state index in [1.165, 1.54) is 32.6 Å². The third kappa shape index (κ3) is 4.54. The van der Waals surface area contributed by atoms with Gasteiger partial charge in [0.05, 0.1) is 37.0 Å². The third-order valence-corrected chi connectivity index (χ3v) is 3.68. The number of amides is 1. The quantitative estimate of drug-likeness (QED) is 0.450. The molecule has 2 rings (SSSR count). The van der Waals surface area contributed by atoms with Crippen molar-refractivity contribution in [3.8, 4) is 11.5 Å². The van der Waals surface area contributed by atoms with E-state index >= 15 is 0 Å². The molecule has 2 aromatic rings. The van der Waals surface area contributed by atoms with Gasteiger partial charge in [0.1, 0.15) is 0 Å². The first kappa shape index (κ1) is 18.4. The molecule has 0 saturated carbocycles. The van der Waals surface area contributed by atoms with Gasteiger partial charge >= 0.3 is 0 Å². The Balaban J connectivity index is 2.25. The highest BCUT2D eigenvalue weighted by Gasteiger charge is 2.18. The van der Waals surface area contributed by atoms with Crippen molar-refractivity contribution in [3.05, 3.63) is 62.1 Å². The van der Waals surface area contributed by atoms with E-state index in [0.29, 0.717) is 11.3 Å². The number of nitrogens with zero attached hydrogens (tertiary/aromatic N) is 2. The van der Waals surface area contributed by atoms with E-state index in [1.807, 2.05) is 0 Å². The Kier molecular flexibility index (Phi) is 6.07. The van der Waals surface area contributed by atoms with Crippen molar-refractivity contribution in [2.45, 2.75) is 0 Å². The molecule has 0 aliphatic heterocycles. The van der Waals surface area contributed by atoms with Gasteiger partial charge in [-0.3, -0.25) is 14.9 Å². The zero-order chi connectivity index (χ0) is 18.4. The number of hydrogen-bond donors (Lipinski definition) is 1. The highest BCUT2D eigenvalue weighted by Crippen LogP contribution is 2.33. The van der Waals surface area contributed by atoms with Crippen LogP contribution in [0.1, 0.15) is 15.9 Å². The average Bonchev–Trinajstić information content (AvgIpc) is 2.60. The third-order valence-electron chi connectivity index (χ3n) is 3.19. The maximum Gasteiger partial charge on any atom is 0.282 e. The number of carbonyl (C=O) groups is 1. The summed E-state index contributed by atoms with van der Waals surface area (Å²) < 4.78 is 10.9. The first-order valence-corrected chi connectivity index (χ1v) is 7.75. The fourth-order valence-corrected chi connectivity index (χ4v) is 2.40. The number of ether oxygens (including phenoxy) is 2. The summed E-state index contributed by atoms with van der Waals surface area (Å²) in [7, 11) is 2.80. The minimum atomic E-state index is -0.570. The van der Waals surface area contributed by atoms with Gasteiger partial charge in [-0.2, -0.15) is 5.10 Å². The monoisotopic (exact) mass is 407 g/mol. The van der Waals surface area contributed by atoms with E-state index in [-0.39, 0.29) is 17.0 Å². The molecule has 0 bridgehead atoms. The molecule has 130 valence electrons. The Hall–Kier alpha value is -2.94. The van der Waals surface area contributed by atoms with Crippen LogP contribution >= 0.6 is 15.9 Å². The predicted octanol–water partition coefficient (Wildman–Crippen LogP) is 3.14. The fourth-order valence-electron chi connectivity index (χ4n) is 2.00. The fraction of sp³-hybridized carbons (Fsp3) is 0.125. The van der Waals surface area contributed by atoms with Crippen LogP contribution in [-0.4, -0.2) is 31.3 Å². The van der Waals surface area contributed by atoms with Crippen molar-refractivity contribution < 1.29 is 19.2 Å². The van der Waals surface area contributed by atoms with Crippen LogP contribution in [0.3, 0.4) is 0 Å². The van der Waals surface area contributed by atoms with Gasteiger partial charge in [-0.05, 0) is 24.3 Å². The molecule has 0 radical (unpaired) electrons. The molecule has 9 heteroatoms. The molecule has 0 heterocycles. The molecule has 1 amide bonds. The second-order valence-corrected chi connectivity index (χ2v) is 5.65. The maximum absolute atomic E-state index is 12.0. The van der Waals surface area contributed by atoms with Crippen molar-refractivity contribution in [3.63, 3.8) is 0 Å². The zero-order valence-corrected chi connectivity index (χ0v) is 14.9. The van der Waals surface area contributed by atoms with E-state index < -0.39 is 10.8 Å². The van der Waals surface area contributed by atoms with Gasteiger partial charge in [-0.25, -0.2) is 5.43 Å². The van der Waals surface area contributed by atoms with Gasteiger partial charge < -0.3 is 9.47 Å². The Morgan fingerprint density at radius 2 is 1.92 bits per heavy atom. The Labute approximate surface area is 151 Å². The number of nitro benzene ring substituents is 1. The van der Waals surface area contributed by atoms with Crippen LogP contribution < -0.4 is 14.9 Å². The van der Waals surface area contributed by atoms with Crippen molar-refractivity contribution in [2.75, 3.05) is 14.2 Å². The molecule has 25 heavy (non-hydrogen) atoms.